The number of esters is 1. The Morgan fingerprint density at radius 3 is 2.79 bits per heavy atom. The van der Waals surface area contributed by atoms with Crippen molar-refractivity contribution < 1.29 is 19.4 Å². The number of anilines is 2. The molecule has 0 fully saturated rings. The third-order valence-electron chi connectivity index (χ3n) is 5.71. The highest BCUT2D eigenvalue weighted by Crippen LogP contribution is 2.35. The van der Waals surface area contributed by atoms with Crippen molar-refractivity contribution in [3.63, 3.8) is 0 Å². The van der Waals surface area contributed by atoms with E-state index in [1.807, 2.05) is 30.3 Å². The molecule has 0 radical (unpaired) electrons. The van der Waals surface area contributed by atoms with E-state index < -0.39 is 18.5 Å². The molecule has 0 bridgehead atoms. The molecule has 5 rings (SSSR count). The number of rotatable bonds is 6. The number of amides is 1. The second-order valence-corrected chi connectivity index (χ2v) is 9.69. The highest BCUT2D eigenvalue weighted by atomic mass is 35.5. The van der Waals surface area contributed by atoms with Crippen LogP contribution in [-0.4, -0.2) is 41.0 Å². The Morgan fingerprint density at radius 1 is 1.18 bits per heavy atom. The number of ether oxygens (including phenoxy) is 1. The molecule has 2 heterocycles. The van der Waals surface area contributed by atoms with Gasteiger partial charge in [0.1, 0.15) is 22.7 Å². The van der Waals surface area contributed by atoms with Crippen LogP contribution in [0.2, 0.25) is 5.02 Å². The zero-order valence-corrected chi connectivity index (χ0v) is 21.1. The highest BCUT2D eigenvalue weighted by molar-refractivity contribution is 7.19. The predicted molar refractivity (Wildman–Crippen MR) is 146 cm³/mol. The lowest BCUT2D eigenvalue weighted by Crippen LogP contribution is -2.26. The van der Waals surface area contributed by atoms with Gasteiger partial charge in [0.05, 0.1) is 39.1 Å². The summed E-state index contributed by atoms with van der Waals surface area (Å²) in [4.78, 5) is 31.1. The van der Waals surface area contributed by atoms with Crippen LogP contribution in [0.1, 0.15) is 20.9 Å². The zero-order chi connectivity index (χ0) is 26.8. The van der Waals surface area contributed by atoms with E-state index in [2.05, 4.69) is 10.3 Å². The Hall–Kier alpha value is -4.72. The molecule has 1 aromatic heterocycles. The fraction of sp³-hybridized carbons (Fsp3) is 0.0741. The first-order valence-corrected chi connectivity index (χ1v) is 12.4. The molecule has 38 heavy (non-hydrogen) atoms. The van der Waals surface area contributed by atoms with Crippen LogP contribution in [0.3, 0.4) is 0 Å². The van der Waals surface area contributed by atoms with Gasteiger partial charge >= 0.3 is 5.97 Å². The lowest BCUT2D eigenvalue weighted by Gasteiger charge is -2.19. The average Bonchev–Trinajstić information content (AvgIpc) is 3.47. The van der Waals surface area contributed by atoms with E-state index in [1.165, 1.54) is 41.7 Å². The first-order chi connectivity index (χ1) is 18.3. The van der Waals surface area contributed by atoms with E-state index in [0.717, 1.165) is 10.2 Å². The molecule has 0 atom stereocenters. The van der Waals surface area contributed by atoms with E-state index in [0.29, 0.717) is 21.3 Å². The standard InChI is InChI=1S/C27H18ClN5O4S/c28-17-9-8-16(12-29)20(11-17)31-23(35)14-37-27(36)15-4-3-5-18(10-15)33-13-21(34)24(25(33)30)26-32-19-6-1-2-7-22(19)38-26/h1-11,30,34H,13-14H2,(H,31,35). The second-order valence-electron chi connectivity index (χ2n) is 8.22. The van der Waals surface area contributed by atoms with Gasteiger partial charge in [-0.1, -0.05) is 29.8 Å². The van der Waals surface area contributed by atoms with Gasteiger partial charge in [-0.05, 0) is 48.5 Å². The first-order valence-electron chi connectivity index (χ1n) is 11.3. The topological polar surface area (TPSA) is 139 Å². The van der Waals surface area contributed by atoms with Gasteiger partial charge in [0.15, 0.2) is 6.61 Å². The number of aliphatic hydroxyl groups is 1. The highest BCUT2D eigenvalue weighted by Gasteiger charge is 2.31. The van der Waals surface area contributed by atoms with Gasteiger partial charge in [-0.15, -0.1) is 11.3 Å². The monoisotopic (exact) mass is 543 g/mol. The molecule has 0 saturated heterocycles. The fourth-order valence-electron chi connectivity index (χ4n) is 3.92. The predicted octanol–water partition coefficient (Wildman–Crippen LogP) is 5.38. The molecule has 4 aromatic rings. The maximum atomic E-state index is 12.7. The van der Waals surface area contributed by atoms with Gasteiger partial charge in [0.25, 0.3) is 5.91 Å². The number of nitrogens with zero attached hydrogens (tertiary/aromatic N) is 3. The number of para-hydroxylation sites is 1. The number of benzene rings is 3. The van der Waals surface area contributed by atoms with E-state index in [4.69, 9.17) is 21.7 Å². The van der Waals surface area contributed by atoms with Crippen molar-refractivity contribution in [3.05, 3.63) is 93.6 Å². The van der Waals surface area contributed by atoms with Crippen molar-refractivity contribution in [2.75, 3.05) is 23.4 Å². The first kappa shape index (κ1) is 25.0. The number of carbonyl (C=O) groups excluding carboxylic acids is 2. The summed E-state index contributed by atoms with van der Waals surface area (Å²) in [7, 11) is 0. The van der Waals surface area contributed by atoms with Crippen LogP contribution in [0.25, 0.3) is 15.8 Å². The van der Waals surface area contributed by atoms with Crippen LogP contribution in [0, 0.1) is 16.7 Å². The molecule has 3 N–H and O–H groups in total. The molecule has 188 valence electrons. The number of nitriles is 1. The van der Waals surface area contributed by atoms with Crippen LogP contribution in [-0.2, 0) is 9.53 Å². The minimum absolute atomic E-state index is 0.0106. The molecular weight excluding hydrogens is 526 g/mol. The maximum Gasteiger partial charge on any atom is 0.338 e. The Labute approximate surface area is 225 Å². The smallest absolute Gasteiger partial charge is 0.338 e. The van der Waals surface area contributed by atoms with Crippen molar-refractivity contribution >= 4 is 67.8 Å². The van der Waals surface area contributed by atoms with Crippen molar-refractivity contribution in [2.24, 2.45) is 0 Å². The number of halogens is 1. The van der Waals surface area contributed by atoms with Gasteiger partial charge in [0.2, 0.25) is 0 Å². The minimum Gasteiger partial charge on any atom is -0.510 e. The number of aromatic nitrogens is 1. The lowest BCUT2D eigenvalue weighted by molar-refractivity contribution is -0.119. The zero-order valence-electron chi connectivity index (χ0n) is 19.6. The molecule has 9 nitrogen and oxygen atoms in total. The molecule has 0 spiro atoms. The Morgan fingerprint density at radius 2 is 2.00 bits per heavy atom. The van der Waals surface area contributed by atoms with Crippen LogP contribution in [0.5, 0.6) is 0 Å². The number of aliphatic hydroxyl groups excluding tert-OH is 1. The summed E-state index contributed by atoms with van der Waals surface area (Å²) in [6.07, 6.45) is 0. The lowest BCUT2D eigenvalue weighted by atomic mass is 10.2. The number of nitrogens with one attached hydrogen (secondary N) is 2. The fourth-order valence-corrected chi connectivity index (χ4v) is 5.13. The molecule has 1 amide bonds. The van der Waals surface area contributed by atoms with Gasteiger partial charge < -0.3 is 20.1 Å². The summed E-state index contributed by atoms with van der Waals surface area (Å²) in [5.74, 6) is -1.31. The SMILES string of the molecule is N#Cc1ccc(Cl)cc1NC(=O)COC(=O)c1cccc(N2CC(O)=C(c3nc4ccccc4s3)C2=N)c1. The minimum atomic E-state index is -0.747. The summed E-state index contributed by atoms with van der Waals surface area (Å²) < 4.78 is 6.09. The number of fused-ring (bicyclic) bond motifs is 1. The quantitative estimate of drug-likeness (QED) is 0.277. The molecular formula is C27H18ClN5O4S. The van der Waals surface area contributed by atoms with Gasteiger partial charge in [-0.25, -0.2) is 9.78 Å². The number of thiazole rings is 1. The number of carbonyl (C=O) groups is 2. The van der Waals surface area contributed by atoms with Gasteiger partial charge in [-0.2, -0.15) is 5.26 Å². The molecule has 11 heteroatoms. The second kappa shape index (κ2) is 10.3. The average molecular weight is 544 g/mol. The molecule has 0 aliphatic carbocycles. The number of hydrogen-bond donors (Lipinski definition) is 3. The van der Waals surface area contributed by atoms with Crippen molar-refractivity contribution in [1.29, 1.82) is 10.7 Å². The van der Waals surface area contributed by atoms with Crippen LogP contribution in [0.4, 0.5) is 11.4 Å². The van der Waals surface area contributed by atoms with Crippen LogP contribution < -0.4 is 10.2 Å². The van der Waals surface area contributed by atoms with Crippen molar-refractivity contribution in [3.8, 4) is 6.07 Å². The summed E-state index contributed by atoms with van der Waals surface area (Å²) in [5, 5.41) is 31.9. The van der Waals surface area contributed by atoms with Gasteiger partial charge in [0, 0.05) is 10.7 Å². The Bertz CT molecular complexity index is 1660. The Balaban J connectivity index is 1.26. The molecule has 0 unspecified atom stereocenters. The number of amidine groups is 1. The van der Waals surface area contributed by atoms with Crippen molar-refractivity contribution in [1.82, 2.24) is 4.98 Å². The number of hydrogen-bond acceptors (Lipinski definition) is 8. The summed E-state index contributed by atoms with van der Waals surface area (Å²) >= 11 is 7.31. The van der Waals surface area contributed by atoms with Crippen LogP contribution >= 0.6 is 22.9 Å². The summed E-state index contributed by atoms with van der Waals surface area (Å²) in [5.41, 5.74) is 2.22. The molecule has 1 aliphatic heterocycles. The normalized spacial score (nSPS) is 13.1. The van der Waals surface area contributed by atoms with Gasteiger partial charge in [-0.3, -0.25) is 10.2 Å². The molecule has 3 aromatic carbocycles. The maximum absolute atomic E-state index is 12.7. The van der Waals surface area contributed by atoms with E-state index >= 15 is 0 Å². The van der Waals surface area contributed by atoms with Crippen LogP contribution in [0.15, 0.2) is 72.5 Å². The molecule has 0 saturated carbocycles. The Kier molecular flexibility index (Phi) is 6.79. The third-order valence-corrected chi connectivity index (χ3v) is 7.00. The largest absolute Gasteiger partial charge is 0.510 e. The third kappa shape index (κ3) is 4.93. The summed E-state index contributed by atoms with van der Waals surface area (Å²) in [6, 6.07) is 20.3. The summed E-state index contributed by atoms with van der Waals surface area (Å²) in [6.45, 7) is -0.532. The van der Waals surface area contributed by atoms with E-state index in [9.17, 15) is 20.0 Å². The van der Waals surface area contributed by atoms with E-state index in [1.54, 1.807) is 17.0 Å². The van der Waals surface area contributed by atoms with E-state index in [-0.39, 0.29) is 35.0 Å². The van der Waals surface area contributed by atoms with Crippen molar-refractivity contribution in [2.45, 2.75) is 0 Å². The molecule has 1 aliphatic rings.